The summed E-state index contributed by atoms with van der Waals surface area (Å²) in [5, 5.41) is 8.13. The second-order valence-electron chi connectivity index (χ2n) is 1.75. The van der Waals surface area contributed by atoms with Crippen molar-refractivity contribution in [3.05, 3.63) is 0 Å². The molecule has 0 saturated heterocycles. The van der Waals surface area contributed by atoms with Gasteiger partial charge in [-0.15, -0.1) is 0 Å². The van der Waals surface area contributed by atoms with Gasteiger partial charge in [0, 0.05) is 13.8 Å². The van der Waals surface area contributed by atoms with Crippen LogP contribution in [0, 0.1) is 0 Å². The highest BCUT2D eigenvalue weighted by atomic mass is 31.2. The Labute approximate surface area is 53.3 Å². The molecule has 0 saturated carbocycles. The van der Waals surface area contributed by atoms with Crippen LogP contribution in [-0.4, -0.2) is 31.0 Å². The van der Waals surface area contributed by atoms with Gasteiger partial charge >= 0.3 is 5.97 Å². The van der Waals surface area contributed by atoms with E-state index in [2.05, 4.69) is 4.52 Å². The lowest BCUT2D eigenvalue weighted by atomic mass is 10.8. The summed E-state index contributed by atoms with van der Waals surface area (Å²) in [4.78, 5) is 9.92. The molecular weight excluding hydrogens is 143 g/mol. The molecule has 4 nitrogen and oxygen atoms in total. The Morgan fingerprint density at radius 1 is 1.78 bits per heavy atom. The van der Waals surface area contributed by atoms with Gasteiger partial charge in [-0.3, -0.25) is 9.36 Å². The van der Waals surface area contributed by atoms with E-state index in [0.29, 0.717) is 0 Å². The highest BCUT2D eigenvalue weighted by Crippen LogP contribution is 2.40. The summed E-state index contributed by atoms with van der Waals surface area (Å²) in [7, 11) is -1.59. The zero-order valence-corrected chi connectivity index (χ0v) is 6.22. The van der Waals surface area contributed by atoms with Crippen molar-refractivity contribution in [2.75, 3.05) is 19.9 Å². The Morgan fingerprint density at radius 2 is 2.22 bits per heavy atom. The van der Waals surface area contributed by atoms with Gasteiger partial charge in [0.25, 0.3) is 0 Å². The van der Waals surface area contributed by atoms with Crippen LogP contribution >= 0.6 is 7.37 Å². The molecule has 0 amide bonds. The van der Waals surface area contributed by atoms with E-state index in [9.17, 15) is 9.36 Å². The van der Waals surface area contributed by atoms with Crippen molar-refractivity contribution < 1.29 is 19.0 Å². The largest absolute Gasteiger partial charge is 0.481 e. The Kier molecular flexibility index (Phi) is 2.88. The Hall–Kier alpha value is -0.340. The quantitative estimate of drug-likeness (QED) is 0.602. The predicted octanol–water partition coefficient (Wildman–Crippen LogP) is 0.625. The lowest BCUT2D eigenvalue weighted by Crippen LogP contribution is -2.03. The predicted molar refractivity (Wildman–Crippen MR) is 33.0 cm³/mol. The van der Waals surface area contributed by atoms with Crippen molar-refractivity contribution in [1.82, 2.24) is 0 Å². The van der Waals surface area contributed by atoms with E-state index in [0.717, 1.165) is 0 Å². The van der Waals surface area contributed by atoms with Gasteiger partial charge in [0.2, 0.25) is 7.37 Å². The van der Waals surface area contributed by atoms with Crippen LogP contribution in [0.2, 0.25) is 0 Å². The molecule has 0 aliphatic carbocycles. The Morgan fingerprint density at radius 3 is 2.33 bits per heavy atom. The molecule has 5 heteroatoms. The number of hydrogen-bond acceptors (Lipinski definition) is 3. The van der Waals surface area contributed by atoms with Gasteiger partial charge in [-0.2, -0.15) is 0 Å². The van der Waals surface area contributed by atoms with Crippen molar-refractivity contribution in [3.8, 4) is 0 Å². The maximum Gasteiger partial charge on any atom is 0.313 e. The fourth-order valence-corrected chi connectivity index (χ4v) is 0.931. The molecule has 54 valence electrons. The van der Waals surface area contributed by atoms with Crippen LogP contribution in [0.5, 0.6) is 0 Å². The topological polar surface area (TPSA) is 63.6 Å². The standard InChI is InChI=1S/C4H9O4P/c1-8-9(2,7)3-4(5)6/h3H2,1-2H3,(H,5,6). The van der Waals surface area contributed by atoms with Gasteiger partial charge in [-0.05, 0) is 0 Å². The number of rotatable bonds is 3. The van der Waals surface area contributed by atoms with Crippen LogP contribution in [0.4, 0.5) is 0 Å². The van der Waals surface area contributed by atoms with E-state index in [1.807, 2.05) is 0 Å². The van der Waals surface area contributed by atoms with Crippen LogP contribution in [0.25, 0.3) is 0 Å². The lowest BCUT2D eigenvalue weighted by molar-refractivity contribution is -0.134. The van der Waals surface area contributed by atoms with Crippen molar-refractivity contribution in [3.63, 3.8) is 0 Å². The average Bonchev–Trinajstić information content (AvgIpc) is 1.63. The smallest absolute Gasteiger partial charge is 0.313 e. The zero-order valence-electron chi connectivity index (χ0n) is 5.33. The molecule has 0 aromatic heterocycles. The van der Waals surface area contributed by atoms with Gasteiger partial charge in [0.15, 0.2) is 0 Å². The molecule has 0 fully saturated rings. The van der Waals surface area contributed by atoms with Gasteiger partial charge in [-0.25, -0.2) is 0 Å². The van der Waals surface area contributed by atoms with Crippen molar-refractivity contribution in [2.24, 2.45) is 0 Å². The van der Waals surface area contributed by atoms with Gasteiger partial charge < -0.3 is 9.63 Å². The summed E-state index contributed by atoms with van der Waals surface area (Å²) in [6.07, 6.45) is -0.399. The highest BCUT2D eigenvalue weighted by molar-refractivity contribution is 7.59. The van der Waals surface area contributed by atoms with E-state index in [1.54, 1.807) is 0 Å². The molecule has 0 radical (unpaired) electrons. The van der Waals surface area contributed by atoms with Crippen LogP contribution < -0.4 is 0 Å². The summed E-state index contributed by atoms with van der Waals surface area (Å²) in [5.41, 5.74) is 0. The maximum absolute atomic E-state index is 10.8. The maximum atomic E-state index is 10.8. The first-order valence-electron chi connectivity index (χ1n) is 2.32. The van der Waals surface area contributed by atoms with E-state index in [-0.39, 0.29) is 0 Å². The lowest BCUT2D eigenvalue weighted by Gasteiger charge is -2.05. The molecule has 0 aliphatic heterocycles. The SMILES string of the molecule is COP(C)(=O)CC(=O)O. The number of carbonyl (C=O) groups is 1. The second kappa shape index (κ2) is 2.99. The summed E-state index contributed by atoms with van der Waals surface area (Å²) in [5.74, 6) is -1.09. The fourth-order valence-electron chi connectivity index (χ4n) is 0.310. The fraction of sp³-hybridized carbons (Fsp3) is 0.750. The van der Waals surface area contributed by atoms with Crippen LogP contribution in [-0.2, 0) is 13.9 Å². The minimum Gasteiger partial charge on any atom is -0.481 e. The first-order valence-corrected chi connectivity index (χ1v) is 4.58. The molecule has 0 bridgehead atoms. The molecule has 1 N–H and O–H groups in total. The third kappa shape index (κ3) is 4.18. The van der Waals surface area contributed by atoms with E-state index in [1.165, 1.54) is 13.8 Å². The molecule has 0 rings (SSSR count). The Balaban J connectivity index is 3.88. The second-order valence-corrected chi connectivity index (χ2v) is 4.46. The molecule has 0 spiro atoms. The monoisotopic (exact) mass is 152 g/mol. The first-order chi connectivity index (χ1) is 3.98. The molecule has 0 aromatic carbocycles. The van der Waals surface area contributed by atoms with Gasteiger partial charge in [0.1, 0.15) is 6.16 Å². The summed E-state index contributed by atoms with van der Waals surface area (Å²) < 4.78 is 15.2. The average molecular weight is 152 g/mol. The molecule has 0 aliphatic rings. The van der Waals surface area contributed by atoms with Crippen molar-refractivity contribution in [1.29, 1.82) is 0 Å². The summed E-state index contributed by atoms with van der Waals surface area (Å²) in [6, 6.07) is 0. The van der Waals surface area contributed by atoms with Crippen molar-refractivity contribution >= 4 is 13.3 Å². The number of aliphatic carboxylic acids is 1. The third-order valence-corrected chi connectivity index (χ3v) is 2.43. The zero-order chi connectivity index (χ0) is 7.49. The summed E-state index contributed by atoms with van der Waals surface area (Å²) in [6.45, 7) is 1.29. The van der Waals surface area contributed by atoms with Crippen LogP contribution in [0.1, 0.15) is 0 Å². The number of carboxylic acid groups (broad SMARTS) is 1. The van der Waals surface area contributed by atoms with E-state index < -0.39 is 19.5 Å². The molecule has 0 heterocycles. The number of hydrogen-bond donors (Lipinski definition) is 1. The normalized spacial score (nSPS) is 16.7. The molecule has 0 aromatic rings. The van der Waals surface area contributed by atoms with Gasteiger partial charge in [-0.1, -0.05) is 0 Å². The molecule has 1 atom stereocenters. The Bertz CT molecular complexity index is 153. The minimum atomic E-state index is -2.83. The van der Waals surface area contributed by atoms with Crippen molar-refractivity contribution in [2.45, 2.75) is 0 Å². The highest BCUT2D eigenvalue weighted by Gasteiger charge is 2.17. The first kappa shape index (κ1) is 8.66. The van der Waals surface area contributed by atoms with Crippen LogP contribution in [0.15, 0.2) is 0 Å². The molecule has 9 heavy (non-hydrogen) atoms. The van der Waals surface area contributed by atoms with Gasteiger partial charge in [0.05, 0.1) is 0 Å². The van der Waals surface area contributed by atoms with Crippen LogP contribution in [0.3, 0.4) is 0 Å². The third-order valence-electron chi connectivity index (χ3n) is 0.809. The molecule has 1 unspecified atom stereocenters. The minimum absolute atomic E-state index is 0.399. The molecular formula is C4H9O4P. The summed E-state index contributed by atoms with van der Waals surface area (Å²) >= 11 is 0. The number of carboxylic acids is 1. The van der Waals surface area contributed by atoms with E-state index >= 15 is 0 Å². The van der Waals surface area contributed by atoms with E-state index in [4.69, 9.17) is 5.11 Å².